The fourth-order valence-corrected chi connectivity index (χ4v) is 4.81. The molecule has 0 saturated carbocycles. The SMILES string of the molecule is COc1c(OC2CCN(C(=O)OC(C)C)CC2)ccnc1N(N)N1/N=[P+](\[O-])CC(O)Oc2ccc1c(C)n2. The van der Waals surface area contributed by atoms with E-state index in [4.69, 9.17) is 24.8 Å². The number of anilines is 2. The molecule has 1 saturated heterocycles. The highest BCUT2D eigenvalue weighted by Gasteiger charge is 2.30. The van der Waals surface area contributed by atoms with Gasteiger partial charge in [0.25, 0.3) is 0 Å². The van der Waals surface area contributed by atoms with Crippen LogP contribution in [0.4, 0.5) is 16.3 Å². The van der Waals surface area contributed by atoms with Crippen LogP contribution in [0.25, 0.3) is 0 Å². The number of amides is 1. The van der Waals surface area contributed by atoms with Crippen molar-refractivity contribution >= 4 is 25.5 Å². The third kappa shape index (κ3) is 6.33. The van der Waals surface area contributed by atoms with Gasteiger partial charge in [-0.3, -0.25) is 0 Å². The summed E-state index contributed by atoms with van der Waals surface area (Å²) in [6.07, 6.45) is 0.411. The van der Waals surface area contributed by atoms with Crippen LogP contribution in [0.2, 0.25) is 0 Å². The van der Waals surface area contributed by atoms with E-state index in [2.05, 4.69) is 14.8 Å². The molecule has 15 heteroatoms. The number of hydrazine groups is 2. The van der Waals surface area contributed by atoms with Crippen LogP contribution in [0.1, 0.15) is 32.4 Å². The standard InChI is InChI=1S/C23H32N7O7P/c1-14(2)35-23(32)28-11-8-16(9-12-28)36-18-7-10-25-22(21(18)34-4)29(24)30-17-5-6-19(26-15(17)3)37-20(31)13-38(33)27-30/h5-7,10,14,16,20,31H,8-9,11-13,24H2,1-4H3. The van der Waals surface area contributed by atoms with E-state index < -0.39 is 14.2 Å². The summed E-state index contributed by atoms with van der Waals surface area (Å²) >= 11 is 0. The lowest BCUT2D eigenvalue weighted by molar-refractivity contribution is -0.158. The minimum Gasteiger partial charge on any atom is -0.610 e. The van der Waals surface area contributed by atoms with Crippen LogP contribution in [0, 0.1) is 6.92 Å². The fourth-order valence-electron chi connectivity index (χ4n) is 4.03. The number of aryl methyl sites for hydroxylation is 1. The number of nitrogens with zero attached hydrogens (tertiary/aromatic N) is 6. The second-order valence-corrected chi connectivity index (χ2v) is 10.2. The zero-order chi connectivity index (χ0) is 27.4. The minimum absolute atomic E-state index is 0.146. The van der Waals surface area contributed by atoms with Gasteiger partial charge in [-0.05, 0) is 26.8 Å². The van der Waals surface area contributed by atoms with Gasteiger partial charge >= 0.3 is 6.09 Å². The first kappa shape index (κ1) is 27.6. The third-order valence-corrected chi connectivity index (χ3v) is 6.80. The average molecular weight is 550 g/mol. The molecule has 5 rings (SSSR count). The van der Waals surface area contributed by atoms with Gasteiger partial charge in [-0.2, -0.15) is 5.12 Å². The number of aliphatic hydroxyl groups excluding tert-OH is 1. The molecule has 2 unspecified atom stereocenters. The second-order valence-electron chi connectivity index (χ2n) is 8.99. The Labute approximate surface area is 221 Å². The number of hydrogen-bond acceptors (Lipinski definition) is 13. The van der Waals surface area contributed by atoms with Gasteiger partial charge in [0.2, 0.25) is 31.7 Å². The average Bonchev–Trinajstić information content (AvgIpc) is 2.87. The lowest BCUT2D eigenvalue weighted by Gasteiger charge is -2.33. The summed E-state index contributed by atoms with van der Waals surface area (Å²) in [5, 5.41) is 12.4. The first-order valence-electron chi connectivity index (χ1n) is 12.1. The number of aliphatic hydroxyl groups is 1. The number of carbonyl (C=O) groups excluding carboxylic acids is 1. The van der Waals surface area contributed by atoms with Gasteiger partial charge in [0.05, 0.1) is 18.9 Å². The zero-order valence-corrected chi connectivity index (χ0v) is 22.6. The molecule has 0 aromatic carbocycles. The number of ether oxygens (including phenoxy) is 4. The number of carbonyl (C=O) groups is 1. The van der Waals surface area contributed by atoms with E-state index >= 15 is 0 Å². The number of likely N-dealkylation sites (tertiary alicyclic amines) is 1. The van der Waals surface area contributed by atoms with E-state index in [1.807, 2.05) is 13.8 Å². The maximum atomic E-state index is 12.7. The molecule has 1 fully saturated rings. The maximum absolute atomic E-state index is 12.7. The lowest BCUT2D eigenvalue weighted by atomic mass is 10.1. The number of aromatic nitrogens is 2. The summed E-state index contributed by atoms with van der Waals surface area (Å²) in [6.45, 7) is 6.32. The van der Waals surface area contributed by atoms with E-state index in [1.54, 1.807) is 30.0 Å². The van der Waals surface area contributed by atoms with E-state index in [0.717, 1.165) is 5.12 Å². The molecule has 2 aromatic heterocycles. The number of pyridine rings is 2. The maximum Gasteiger partial charge on any atom is 0.410 e. The van der Waals surface area contributed by atoms with Crippen molar-refractivity contribution in [2.75, 3.05) is 36.6 Å². The lowest BCUT2D eigenvalue weighted by Crippen LogP contribution is -2.46. The molecule has 14 nitrogen and oxygen atoms in total. The van der Waals surface area contributed by atoms with Gasteiger partial charge in [0.1, 0.15) is 11.8 Å². The van der Waals surface area contributed by atoms with Crippen molar-refractivity contribution in [3.05, 3.63) is 30.1 Å². The molecule has 38 heavy (non-hydrogen) atoms. The van der Waals surface area contributed by atoms with Crippen LogP contribution >= 0.6 is 7.94 Å². The zero-order valence-electron chi connectivity index (χ0n) is 21.7. The van der Waals surface area contributed by atoms with Crippen LogP contribution in [0.5, 0.6) is 17.4 Å². The number of hydrogen-bond donors (Lipinski definition) is 2. The molecule has 1 amide bonds. The summed E-state index contributed by atoms with van der Waals surface area (Å²) in [5.74, 6) is 7.43. The molecule has 206 valence electrons. The van der Waals surface area contributed by atoms with Crippen LogP contribution in [-0.4, -0.2) is 70.9 Å². The van der Waals surface area contributed by atoms with Crippen molar-refractivity contribution in [3.63, 3.8) is 0 Å². The Morgan fingerprint density at radius 1 is 1.32 bits per heavy atom. The van der Waals surface area contributed by atoms with Crippen LogP contribution < -0.4 is 35.2 Å². The normalized spacial score (nSPS) is 19.5. The minimum atomic E-state index is -2.31. The summed E-state index contributed by atoms with van der Waals surface area (Å²) in [5.41, 5.74) is 0.892. The van der Waals surface area contributed by atoms with E-state index in [-0.39, 0.29) is 41.9 Å². The van der Waals surface area contributed by atoms with Gasteiger partial charge in [-0.1, -0.05) is 0 Å². The van der Waals surface area contributed by atoms with Crippen molar-refractivity contribution in [3.8, 4) is 17.4 Å². The summed E-state index contributed by atoms with van der Waals surface area (Å²) < 4.78 is 22.4. The third-order valence-electron chi connectivity index (χ3n) is 5.81. The Hall–Kier alpha value is -3.45. The first-order chi connectivity index (χ1) is 18.2. The number of nitrogens with two attached hydrogens (primary N) is 1. The Morgan fingerprint density at radius 2 is 2.05 bits per heavy atom. The highest BCUT2D eigenvalue weighted by atomic mass is 31.1. The number of methoxy groups -OCH3 is 1. The molecule has 2 atom stereocenters. The van der Waals surface area contributed by atoms with Crippen molar-refractivity contribution < 1.29 is 33.7 Å². The Morgan fingerprint density at radius 3 is 2.71 bits per heavy atom. The summed E-state index contributed by atoms with van der Waals surface area (Å²) in [6, 6.07) is 4.84. The summed E-state index contributed by atoms with van der Waals surface area (Å²) in [4.78, 5) is 39.4. The molecule has 0 spiro atoms. The topological polar surface area (TPSA) is 171 Å². The van der Waals surface area contributed by atoms with Crippen LogP contribution in [-0.2, 0) is 4.74 Å². The molecule has 3 N–H and O–H groups in total. The molecule has 2 bridgehead atoms. The molecular weight excluding hydrogens is 517 g/mol. The van der Waals surface area contributed by atoms with Crippen LogP contribution in [0.15, 0.2) is 29.2 Å². The molecule has 0 radical (unpaired) electrons. The largest absolute Gasteiger partial charge is 0.610 e. The second kappa shape index (κ2) is 11.9. The number of fused-ring (bicyclic) bond motifs is 6. The monoisotopic (exact) mass is 549 g/mol. The molecule has 0 aliphatic carbocycles. The number of rotatable bonds is 6. The van der Waals surface area contributed by atoms with Gasteiger partial charge in [0, 0.05) is 49.1 Å². The van der Waals surface area contributed by atoms with Crippen molar-refractivity contribution in [1.82, 2.24) is 14.9 Å². The predicted molar refractivity (Wildman–Crippen MR) is 137 cm³/mol. The Kier molecular flexibility index (Phi) is 8.67. The fraction of sp³-hybridized carbons (Fsp3) is 0.522. The van der Waals surface area contributed by atoms with Gasteiger partial charge in [-0.25, -0.2) is 20.6 Å². The Bertz CT molecular complexity index is 1180. The first-order valence-corrected chi connectivity index (χ1v) is 13.5. The van der Waals surface area contributed by atoms with Crippen molar-refractivity contribution in [1.29, 1.82) is 0 Å². The molecular formula is C23H32N7O7P. The highest BCUT2D eigenvalue weighted by Crippen LogP contribution is 2.39. The van der Waals surface area contributed by atoms with Gasteiger partial charge < -0.3 is 33.8 Å². The van der Waals surface area contributed by atoms with Crippen LogP contribution in [0.3, 0.4) is 0 Å². The molecule has 3 aliphatic heterocycles. The quantitative estimate of drug-likeness (QED) is 0.305. The highest BCUT2D eigenvalue weighted by molar-refractivity contribution is 7.39. The summed E-state index contributed by atoms with van der Waals surface area (Å²) in [7, 11) is -0.849. The van der Waals surface area contributed by atoms with Gasteiger partial charge in [-0.15, -0.1) is 5.12 Å². The van der Waals surface area contributed by atoms with Crippen molar-refractivity contribution in [2.24, 2.45) is 10.7 Å². The molecule has 3 aliphatic rings. The van der Waals surface area contributed by atoms with E-state index in [0.29, 0.717) is 43.1 Å². The van der Waals surface area contributed by atoms with Gasteiger partial charge in [0.15, 0.2) is 11.9 Å². The molecule has 2 aromatic rings. The van der Waals surface area contributed by atoms with E-state index in [1.165, 1.54) is 18.4 Å². The molecule has 5 heterocycles. The number of piperidine rings is 1. The smallest absolute Gasteiger partial charge is 0.410 e. The van der Waals surface area contributed by atoms with E-state index in [9.17, 15) is 14.8 Å². The Balaban J connectivity index is 1.57. The predicted octanol–water partition coefficient (Wildman–Crippen LogP) is 1.85. The van der Waals surface area contributed by atoms with Crippen molar-refractivity contribution in [2.45, 2.75) is 52.1 Å².